The molecule has 0 spiro atoms. The number of ether oxygens (including phenoxy) is 1. The first kappa shape index (κ1) is 18.9. The number of carbonyl (C=O) groups is 1. The zero-order chi connectivity index (χ0) is 20.7. The highest BCUT2D eigenvalue weighted by Crippen LogP contribution is 2.30. The van der Waals surface area contributed by atoms with E-state index in [9.17, 15) is 4.79 Å². The summed E-state index contributed by atoms with van der Waals surface area (Å²) in [5, 5.41) is 10.5. The molecule has 0 radical (unpaired) electrons. The first-order valence-electron chi connectivity index (χ1n) is 9.99. The molecule has 0 bridgehead atoms. The first-order chi connectivity index (χ1) is 14.7. The van der Waals surface area contributed by atoms with Crippen LogP contribution in [0.1, 0.15) is 17.5 Å². The van der Waals surface area contributed by atoms with Crippen LogP contribution in [0.2, 0.25) is 0 Å². The number of rotatable bonds is 4. The summed E-state index contributed by atoms with van der Waals surface area (Å²) >= 11 is 1.43. The molecule has 1 aliphatic rings. The topological polar surface area (TPSA) is 59.7 Å². The van der Waals surface area contributed by atoms with E-state index in [-0.39, 0.29) is 5.91 Å². The Morgan fingerprint density at radius 3 is 2.90 bits per heavy atom. The van der Waals surface area contributed by atoms with E-state index in [1.54, 1.807) is 7.11 Å². The number of benzene rings is 2. The number of thioether (sulfide) groups is 1. The summed E-state index contributed by atoms with van der Waals surface area (Å²) in [6, 6.07) is 16.2. The zero-order valence-corrected chi connectivity index (χ0v) is 17.8. The molecule has 7 heteroatoms. The average molecular weight is 419 g/mol. The number of aromatic nitrogens is 3. The standard InChI is InChI=1S/C23H22N4O2S/c1-15-12-17-13-18(29-2)9-10-20(17)27-22(15)24-25-23(27)30-14-21(28)26-11-5-7-16-6-3-4-8-19(16)26/h3-4,6,8-10,12-13H,5,7,11,14H2,1-2H3. The molecule has 4 aromatic rings. The lowest BCUT2D eigenvalue weighted by Gasteiger charge is -2.29. The van der Waals surface area contributed by atoms with E-state index >= 15 is 0 Å². The van der Waals surface area contributed by atoms with Gasteiger partial charge in [0.1, 0.15) is 5.75 Å². The van der Waals surface area contributed by atoms with Gasteiger partial charge in [0.05, 0.1) is 18.4 Å². The maximum absolute atomic E-state index is 13.0. The number of amides is 1. The minimum Gasteiger partial charge on any atom is -0.497 e. The van der Waals surface area contributed by atoms with Crippen molar-refractivity contribution in [1.29, 1.82) is 0 Å². The number of fused-ring (bicyclic) bond motifs is 4. The van der Waals surface area contributed by atoms with Gasteiger partial charge >= 0.3 is 0 Å². The van der Waals surface area contributed by atoms with Gasteiger partial charge in [-0.15, -0.1) is 10.2 Å². The quantitative estimate of drug-likeness (QED) is 0.463. The van der Waals surface area contributed by atoms with Gasteiger partial charge in [-0.25, -0.2) is 0 Å². The average Bonchev–Trinajstić information content (AvgIpc) is 3.21. The van der Waals surface area contributed by atoms with Crippen molar-refractivity contribution in [3.05, 3.63) is 59.7 Å². The van der Waals surface area contributed by atoms with Crippen LogP contribution < -0.4 is 9.64 Å². The van der Waals surface area contributed by atoms with E-state index in [0.717, 1.165) is 58.1 Å². The van der Waals surface area contributed by atoms with Crippen LogP contribution in [0, 0.1) is 6.92 Å². The normalized spacial score (nSPS) is 13.6. The summed E-state index contributed by atoms with van der Waals surface area (Å²) in [7, 11) is 1.66. The van der Waals surface area contributed by atoms with E-state index in [1.165, 1.54) is 17.3 Å². The number of anilines is 1. The van der Waals surface area contributed by atoms with Crippen LogP contribution in [0.15, 0.2) is 53.7 Å². The van der Waals surface area contributed by atoms with Crippen molar-refractivity contribution in [1.82, 2.24) is 14.6 Å². The van der Waals surface area contributed by atoms with Crippen LogP contribution >= 0.6 is 11.8 Å². The van der Waals surface area contributed by atoms with Crippen molar-refractivity contribution < 1.29 is 9.53 Å². The van der Waals surface area contributed by atoms with Crippen molar-refractivity contribution in [3.8, 4) is 5.75 Å². The Labute approximate surface area is 178 Å². The number of carbonyl (C=O) groups excluding carboxylic acids is 1. The van der Waals surface area contributed by atoms with Crippen molar-refractivity contribution >= 4 is 39.9 Å². The number of para-hydroxylation sites is 1. The van der Waals surface area contributed by atoms with Crippen LogP contribution in [-0.4, -0.2) is 39.9 Å². The molecule has 30 heavy (non-hydrogen) atoms. The fourth-order valence-electron chi connectivity index (χ4n) is 4.11. The number of hydrogen-bond acceptors (Lipinski definition) is 5. The number of pyridine rings is 1. The van der Waals surface area contributed by atoms with Crippen molar-refractivity contribution in [2.75, 3.05) is 24.3 Å². The molecular formula is C23H22N4O2S. The Morgan fingerprint density at radius 2 is 2.03 bits per heavy atom. The highest BCUT2D eigenvalue weighted by molar-refractivity contribution is 7.99. The second-order valence-electron chi connectivity index (χ2n) is 7.46. The van der Waals surface area contributed by atoms with Crippen LogP contribution in [0.4, 0.5) is 5.69 Å². The summed E-state index contributed by atoms with van der Waals surface area (Å²) in [5.74, 6) is 1.23. The van der Waals surface area contributed by atoms with Gasteiger partial charge in [-0.2, -0.15) is 0 Å². The van der Waals surface area contributed by atoms with Gasteiger partial charge in [-0.3, -0.25) is 9.20 Å². The summed E-state index contributed by atoms with van der Waals surface area (Å²) in [4.78, 5) is 14.9. The van der Waals surface area contributed by atoms with Gasteiger partial charge in [0.2, 0.25) is 5.91 Å². The van der Waals surface area contributed by atoms with E-state index in [1.807, 2.05) is 52.6 Å². The van der Waals surface area contributed by atoms with Gasteiger partial charge in [0, 0.05) is 17.6 Å². The molecule has 2 aromatic heterocycles. The minimum atomic E-state index is 0.0996. The summed E-state index contributed by atoms with van der Waals surface area (Å²) < 4.78 is 7.40. The molecule has 6 nitrogen and oxygen atoms in total. The lowest BCUT2D eigenvalue weighted by atomic mass is 10.0. The van der Waals surface area contributed by atoms with Crippen molar-refractivity contribution in [3.63, 3.8) is 0 Å². The third kappa shape index (κ3) is 3.19. The van der Waals surface area contributed by atoms with Crippen molar-refractivity contribution in [2.24, 2.45) is 0 Å². The Bertz CT molecular complexity index is 1270. The summed E-state index contributed by atoms with van der Waals surface area (Å²) in [5.41, 5.74) is 5.12. The van der Waals surface area contributed by atoms with Gasteiger partial charge in [-0.05, 0) is 61.2 Å². The van der Waals surface area contributed by atoms with Gasteiger partial charge in [-0.1, -0.05) is 30.0 Å². The molecule has 1 amide bonds. The maximum Gasteiger partial charge on any atom is 0.237 e. The van der Waals surface area contributed by atoms with Crippen LogP contribution in [-0.2, 0) is 11.2 Å². The van der Waals surface area contributed by atoms with E-state index in [0.29, 0.717) is 5.75 Å². The van der Waals surface area contributed by atoms with Gasteiger partial charge < -0.3 is 9.64 Å². The Hall–Kier alpha value is -3.06. The van der Waals surface area contributed by atoms with Crippen LogP contribution in [0.5, 0.6) is 5.75 Å². The fourth-order valence-corrected chi connectivity index (χ4v) is 4.93. The molecule has 0 saturated carbocycles. The second kappa shape index (κ2) is 7.65. The Balaban J connectivity index is 1.46. The van der Waals surface area contributed by atoms with Crippen LogP contribution in [0.25, 0.3) is 16.6 Å². The largest absolute Gasteiger partial charge is 0.497 e. The number of aryl methyl sites for hydroxylation is 2. The molecule has 0 fully saturated rings. The van der Waals surface area contributed by atoms with Crippen molar-refractivity contribution in [2.45, 2.75) is 24.9 Å². The molecule has 3 heterocycles. The predicted octanol–water partition coefficient (Wildman–Crippen LogP) is 4.27. The van der Waals surface area contributed by atoms with E-state index < -0.39 is 0 Å². The summed E-state index contributed by atoms with van der Waals surface area (Å²) in [6.07, 6.45) is 2.02. The smallest absolute Gasteiger partial charge is 0.237 e. The SMILES string of the molecule is COc1ccc2c(c1)cc(C)c1nnc(SCC(=O)N3CCCc4ccccc43)n12. The third-order valence-corrected chi connectivity index (χ3v) is 6.48. The van der Waals surface area contributed by atoms with E-state index in [2.05, 4.69) is 22.3 Å². The first-order valence-corrected chi connectivity index (χ1v) is 11.0. The highest BCUT2D eigenvalue weighted by Gasteiger charge is 2.23. The molecule has 0 atom stereocenters. The number of hydrogen-bond donors (Lipinski definition) is 0. The molecule has 0 aliphatic carbocycles. The molecule has 2 aromatic carbocycles. The Morgan fingerprint density at radius 1 is 1.17 bits per heavy atom. The minimum absolute atomic E-state index is 0.0996. The monoisotopic (exact) mass is 418 g/mol. The maximum atomic E-state index is 13.0. The lowest BCUT2D eigenvalue weighted by Crippen LogP contribution is -2.36. The van der Waals surface area contributed by atoms with E-state index in [4.69, 9.17) is 4.74 Å². The Kier molecular flexibility index (Phi) is 4.83. The predicted molar refractivity (Wildman–Crippen MR) is 120 cm³/mol. The summed E-state index contributed by atoms with van der Waals surface area (Å²) in [6.45, 7) is 2.78. The molecule has 1 aliphatic heterocycles. The number of nitrogens with zero attached hydrogens (tertiary/aromatic N) is 4. The molecular weight excluding hydrogens is 396 g/mol. The number of methoxy groups -OCH3 is 1. The third-order valence-electron chi connectivity index (χ3n) is 5.57. The second-order valence-corrected chi connectivity index (χ2v) is 8.40. The molecule has 0 unspecified atom stereocenters. The highest BCUT2D eigenvalue weighted by atomic mass is 32.2. The molecule has 152 valence electrons. The molecule has 0 saturated heterocycles. The molecule has 5 rings (SSSR count). The van der Waals surface area contributed by atoms with Gasteiger partial charge in [0.15, 0.2) is 10.8 Å². The molecule has 0 N–H and O–H groups in total. The van der Waals surface area contributed by atoms with Gasteiger partial charge in [0.25, 0.3) is 0 Å². The fraction of sp³-hybridized carbons (Fsp3) is 0.261. The lowest BCUT2D eigenvalue weighted by molar-refractivity contribution is -0.116. The van der Waals surface area contributed by atoms with Crippen LogP contribution in [0.3, 0.4) is 0 Å². The zero-order valence-electron chi connectivity index (χ0n) is 17.0.